The van der Waals surface area contributed by atoms with Crippen LogP contribution in [0, 0.1) is 0 Å². The zero-order chi connectivity index (χ0) is 33.5. The highest BCUT2D eigenvalue weighted by molar-refractivity contribution is 7.26. The monoisotopic (exact) mass is 670 g/mol. The number of aromatic nitrogens is 4. The minimum absolute atomic E-state index is 0.612. The Labute approximate surface area is 295 Å². The van der Waals surface area contributed by atoms with Gasteiger partial charge >= 0.3 is 0 Å². The summed E-state index contributed by atoms with van der Waals surface area (Å²) >= 11 is 1.87. The Morgan fingerprint density at radius 1 is 0.431 bits per heavy atom. The molecule has 0 saturated carbocycles. The molecule has 238 valence electrons. The summed E-state index contributed by atoms with van der Waals surface area (Å²) in [4.78, 5) is 15.2. The fourth-order valence-electron chi connectivity index (χ4n) is 7.51. The number of hydrogen-bond donors (Lipinski definition) is 0. The van der Waals surface area contributed by atoms with Crippen LogP contribution in [-0.2, 0) is 0 Å². The number of benzene rings is 7. The van der Waals surface area contributed by atoms with Crippen molar-refractivity contribution in [2.45, 2.75) is 0 Å². The van der Waals surface area contributed by atoms with Crippen molar-refractivity contribution in [3.05, 3.63) is 158 Å². The second-order valence-electron chi connectivity index (χ2n) is 12.8. The highest BCUT2D eigenvalue weighted by Gasteiger charge is 2.19. The molecular weight excluding hydrogens is 645 g/mol. The second kappa shape index (κ2) is 10.9. The maximum Gasteiger partial charge on any atom is 0.164 e. The molecule has 0 saturated heterocycles. The van der Waals surface area contributed by atoms with E-state index in [1.54, 1.807) is 0 Å². The number of thiophene rings is 1. The quantitative estimate of drug-likeness (QED) is 0.187. The van der Waals surface area contributed by atoms with Gasteiger partial charge in [-0.05, 0) is 54.6 Å². The fourth-order valence-corrected chi connectivity index (χ4v) is 8.77. The number of para-hydroxylation sites is 2. The molecule has 0 atom stereocenters. The van der Waals surface area contributed by atoms with Gasteiger partial charge in [-0.2, -0.15) is 0 Å². The van der Waals surface area contributed by atoms with Gasteiger partial charge in [-0.25, -0.2) is 15.0 Å². The Hall–Kier alpha value is -6.63. The van der Waals surface area contributed by atoms with E-state index in [0.717, 1.165) is 49.8 Å². The smallest absolute Gasteiger partial charge is 0.164 e. The average molecular weight is 671 g/mol. The number of furan rings is 1. The van der Waals surface area contributed by atoms with Gasteiger partial charge in [0, 0.05) is 64.1 Å². The van der Waals surface area contributed by atoms with Crippen molar-refractivity contribution in [1.82, 2.24) is 19.5 Å². The molecule has 0 radical (unpaired) electrons. The minimum atomic E-state index is 0.612. The lowest BCUT2D eigenvalue weighted by atomic mass is 10.1. The standard InChI is InChI=1S/C45H26N4OS/c1-2-11-27(12-3-1)43-46-44(48-45(47-43)29-21-24-39-35(26-29)31-15-5-8-19-38(31)50-39)28-13-10-14-30(25-28)49-36-18-7-4-17-34(36)41-37(49)23-22-33-32-16-6-9-20-40(32)51-42(33)41/h1-26H. The van der Waals surface area contributed by atoms with Gasteiger partial charge in [0.1, 0.15) is 11.2 Å². The van der Waals surface area contributed by atoms with Crippen molar-refractivity contribution < 1.29 is 4.42 Å². The summed E-state index contributed by atoms with van der Waals surface area (Å²) in [6.45, 7) is 0. The van der Waals surface area contributed by atoms with E-state index in [1.165, 1.54) is 36.5 Å². The van der Waals surface area contributed by atoms with E-state index in [4.69, 9.17) is 19.4 Å². The van der Waals surface area contributed by atoms with Crippen molar-refractivity contribution in [3.63, 3.8) is 0 Å². The van der Waals surface area contributed by atoms with E-state index in [1.807, 2.05) is 72.0 Å². The zero-order valence-corrected chi connectivity index (χ0v) is 27.9. The van der Waals surface area contributed by atoms with E-state index in [-0.39, 0.29) is 0 Å². The van der Waals surface area contributed by atoms with Crippen molar-refractivity contribution in [2.24, 2.45) is 0 Å². The third-order valence-electron chi connectivity index (χ3n) is 9.85. The topological polar surface area (TPSA) is 56.7 Å². The van der Waals surface area contributed by atoms with E-state index in [9.17, 15) is 0 Å². The number of nitrogens with zero attached hydrogens (tertiary/aromatic N) is 4. The molecule has 0 amide bonds. The van der Waals surface area contributed by atoms with Gasteiger partial charge in [0.2, 0.25) is 0 Å². The molecular formula is C45H26N4OS. The molecule has 0 bridgehead atoms. The predicted molar refractivity (Wildman–Crippen MR) is 211 cm³/mol. The molecule has 11 rings (SSSR count). The summed E-state index contributed by atoms with van der Waals surface area (Å²) in [5.41, 5.74) is 7.84. The van der Waals surface area contributed by atoms with Crippen LogP contribution in [0.1, 0.15) is 0 Å². The van der Waals surface area contributed by atoms with Gasteiger partial charge in [0.15, 0.2) is 17.5 Å². The van der Waals surface area contributed by atoms with Crippen LogP contribution in [0.2, 0.25) is 0 Å². The molecule has 0 aliphatic carbocycles. The summed E-state index contributed by atoms with van der Waals surface area (Å²) in [5, 5.41) is 7.23. The minimum Gasteiger partial charge on any atom is -0.456 e. The summed E-state index contributed by atoms with van der Waals surface area (Å²) in [5.74, 6) is 1.85. The van der Waals surface area contributed by atoms with Crippen LogP contribution in [0.25, 0.3) is 104 Å². The molecule has 6 heteroatoms. The van der Waals surface area contributed by atoms with E-state index in [0.29, 0.717) is 17.5 Å². The Morgan fingerprint density at radius 3 is 1.96 bits per heavy atom. The summed E-state index contributed by atoms with van der Waals surface area (Å²) in [7, 11) is 0. The first kappa shape index (κ1) is 28.2. The van der Waals surface area contributed by atoms with Crippen LogP contribution in [0.15, 0.2) is 162 Å². The molecule has 0 fully saturated rings. The highest BCUT2D eigenvalue weighted by Crippen LogP contribution is 2.43. The average Bonchev–Trinajstić information content (AvgIpc) is 3.87. The molecule has 0 N–H and O–H groups in total. The SMILES string of the molecule is c1ccc(-c2nc(-c3cccc(-n4c5ccccc5c5c6sc7ccccc7c6ccc54)c3)nc(-c3ccc4oc5ccccc5c4c3)n2)cc1. The largest absolute Gasteiger partial charge is 0.456 e. The molecule has 11 aromatic rings. The van der Waals surface area contributed by atoms with Crippen LogP contribution in [-0.4, -0.2) is 19.5 Å². The Balaban J connectivity index is 1.12. The maximum absolute atomic E-state index is 6.12. The van der Waals surface area contributed by atoms with Crippen LogP contribution < -0.4 is 0 Å². The lowest BCUT2D eigenvalue weighted by Gasteiger charge is -2.11. The molecule has 0 aliphatic rings. The van der Waals surface area contributed by atoms with Crippen molar-refractivity contribution in [3.8, 4) is 39.9 Å². The first-order chi connectivity index (χ1) is 25.3. The Kier molecular flexibility index (Phi) is 6.05. The third kappa shape index (κ3) is 4.37. The zero-order valence-electron chi connectivity index (χ0n) is 27.1. The molecule has 0 aliphatic heterocycles. The van der Waals surface area contributed by atoms with E-state index in [2.05, 4.69) is 102 Å². The predicted octanol–water partition coefficient (Wildman–Crippen LogP) is 12.2. The van der Waals surface area contributed by atoms with Gasteiger partial charge in [-0.15, -0.1) is 11.3 Å². The van der Waals surface area contributed by atoms with Crippen molar-refractivity contribution >= 4 is 75.3 Å². The first-order valence-corrected chi connectivity index (χ1v) is 17.8. The van der Waals surface area contributed by atoms with E-state index >= 15 is 0 Å². The number of hydrogen-bond acceptors (Lipinski definition) is 5. The summed E-state index contributed by atoms with van der Waals surface area (Å²) in [6.07, 6.45) is 0. The molecule has 7 aromatic carbocycles. The molecule has 51 heavy (non-hydrogen) atoms. The second-order valence-corrected chi connectivity index (χ2v) is 13.9. The molecule has 5 nitrogen and oxygen atoms in total. The van der Waals surface area contributed by atoms with Gasteiger partial charge in [0.05, 0.1) is 11.0 Å². The van der Waals surface area contributed by atoms with Crippen LogP contribution >= 0.6 is 11.3 Å². The van der Waals surface area contributed by atoms with E-state index < -0.39 is 0 Å². The maximum atomic E-state index is 6.12. The van der Waals surface area contributed by atoms with Gasteiger partial charge in [-0.1, -0.05) is 103 Å². The molecule has 0 spiro atoms. The Morgan fingerprint density at radius 2 is 1.10 bits per heavy atom. The van der Waals surface area contributed by atoms with Crippen molar-refractivity contribution in [1.29, 1.82) is 0 Å². The lowest BCUT2D eigenvalue weighted by Crippen LogP contribution is -2.01. The molecule has 0 unspecified atom stereocenters. The van der Waals surface area contributed by atoms with Crippen LogP contribution in [0.3, 0.4) is 0 Å². The fraction of sp³-hybridized carbons (Fsp3) is 0. The van der Waals surface area contributed by atoms with Gasteiger partial charge in [0.25, 0.3) is 0 Å². The number of fused-ring (bicyclic) bond motifs is 10. The highest BCUT2D eigenvalue weighted by atomic mass is 32.1. The Bertz CT molecular complexity index is 3150. The van der Waals surface area contributed by atoms with Crippen molar-refractivity contribution in [2.75, 3.05) is 0 Å². The van der Waals surface area contributed by atoms with Gasteiger partial charge < -0.3 is 8.98 Å². The van der Waals surface area contributed by atoms with Crippen LogP contribution in [0.5, 0.6) is 0 Å². The van der Waals surface area contributed by atoms with Crippen LogP contribution in [0.4, 0.5) is 0 Å². The molecule has 4 aromatic heterocycles. The third-order valence-corrected chi connectivity index (χ3v) is 11.0. The molecule has 4 heterocycles. The number of rotatable bonds is 4. The first-order valence-electron chi connectivity index (χ1n) is 16.9. The van der Waals surface area contributed by atoms with Gasteiger partial charge in [-0.3, -0.25) is 0 Å². The normalized spacial score (nSPS) is 11.9. The lowest BCUT2D eigenvalue weighted by molar-refractivity contribution is 0.669. The summed E-state index contributed by atoms with van der Waals surface area (Å²) < 4.78 is 11.1. The summed E-state index contributed by atoms with van der Waals surface area (Å²) in [6, 6.07) is 54.9.